The lowest BCUT2D eigenvalue weighted by atomic mass is 9.64. The topological polar surface area (TPSA) is 12.4 Å². The van der Waals surface area contributed by atoms with Gasteiger partial charge >= 0.3 is 0 Å². The number of hydrogen-bond acceptors (Lipinski definition) is 1. The van der Waals surface area contributed by atoms with Crippen LogP contribution in [0.1, 0.15) is 103 Å². The van der Waals surface area contributed by atoms with Gasteiger partial charge in [0.25, 0.3) is 0 Å². The van der Waals surface area contributed by atoms with Crippen molar-refractivity contribution in [2.45, 2.75) is 103 Å². The zero-order valence-electron chi connectivity index (χ0n) is 22.7. The smallest absolute Gasteiger partial charge is 0.0276 e. The monoisotopic (exact) mass is 407 g/mol. The zero-order chi connectivity index (χ0) is 23.0. The molecular formula is C28H57N. The lowest BCUT2D eigenvalue weighted by Gasteiger charge is -2.41. The Bertz CT molecular complexity index is 467. The summed E-state index contributed by atoms with van der Waals surface area (Å²) >= 11 is 0. The maximum atomic E-state index is 4.46. The molecule has 8 unspecified atom stereocenters. The highest BCUT2D eigenvalue weighted by Gasteiger charge is 2.35. The van der Waals surface area contributed by atoms with Gasteiger partial charge in [-0.25, -0.2) is 0 Å². The fourth-order valence-corrected chi connectivity index (χ4v) is 5.63. The Kier molecular flexibility index (Phi) is 13.0. The van der Waals surface area contributed by atoms with E-state index in [0.29, 0.717) is 17.8 Å². The van der Waals surface area contributed by atoms with Gasteiger partial charge in [0.1, 0.15) is 0 Å². The summed E-state index contributed by atoms with van der Waals surface area (Å²) < 4.78 is 0. The van der Waals surface area contributed by atoms with Crippen molar-refractivity contribution in [2.75, 3.05) is 7.05 Å². The van der Waals surface area contributed by atoms with Crippen LogP contribution in [-0.4, -0.2) is 12.8 Å². The zero-order valence-corrected chi connectivity index (χ0v) is 22.7. The highest BCUT2D eigenvalue weighted by atomic mass is 14.7. The average molecular weight is 408 g/mol. The van der Waals surface area contributed by atoms with E-state index >= 15 is 0 Å². The normalized spacial score (nSPS) is 24.6. The maximum Gasteiger partial charge on any atom is 0.0276 e. The molecule has 11 atom stereocenters. The van der Waals surface area contributed by atoms with Crippen LogP contribution in [0, 0.1) is 65.1 Å². The molecule has 0 amide bonds. The molecule has 0 spiro atoms. The first-order valence-corrected chi connectivity index (χ1v) is 12.8. The van der Waals surface area contributed by atoms with Crippen LogP contribution in [-0.2, 0) is 0 Å². The van der Waals surface area contributed by atoms with Crippen LogP contribution in [0.25, 0.3) is 0 Å². The minimum atomic E-state index is 0.567. The Morgan fingerprint density at radius 3 is 1.17 bits per heavy atom. The first kappa shape index (κ1) is 28.7. The molecule has 1 nitrogen and oxygen atoms in total. The summed E-state index contributed by atoms with van der Waals surface area (Å²) in [5.41, 5.74) is 1.29. The molecule has 0 bridgehead atoms. The summed E-state index contributed by atoms with van der Waals surface area (Å²) in [6, 6.07) is 0. The Labute approximate surface area is 185 Å². The van der Waals surface area contributed by atoms with Crippen molar-refractivity contribution in [1.29, 1.82) is 0 Å². The second kappa shape index (κ2) is 13.2. The lowest BCUT2D eigenvalue weighted by molar-refractivity contribution is 0.0777. The van der Waals surface area contributed by atoms with Crippen LogP contribution in [0.15, 0.2) is 4.99 Å². The van der Waals surface area contributed by atoms with Crippen LogP contribution in [0.4, 0.5) is 0 Å². The van der Waals surface area contributed by atoms with E-state index in [9.17, 15) is 0 Å². The molecule has 0 aromatic carbocycles. The SMILES string of the molecule is CCCC(C)C(C)[C@@H](C)C(C)C(C)C(C)C(C)C(C)[C@H](C)[C@H](C)C(C)C(C)=NC. The van der Waals surface area contributed by atoms with Gasteiger partial charge in [-0.15, -0.1) is 0 Å². The molecule has 0 rings (SSSR count). The first-order chi connectivity index (χ1) is 13.3. The van der Waals surface area contributed by atoms with E-state index in [4.69, 9.17) is 0 Å². The summed E-state index contributed by atoms with van der Waals surface area (Å²) in [4.78, 5) is 4.46. The molecular weight excluding hydrogens is 350 g/mol. The van der Waals surface area contributed by atoms with Crippen molar-refractivity contribution in [1.82, 2.24) is 0 Å². The molecule has 0 aliphatic rings. The molecule has 0 radical (unpaired) electrons. The third-order valence-corrected chi connectivity index (χ3v) is 10.1. The van der Waals surface area contributed by atoms with Crippen molar-refractivity contribution in [2.24, 2.45) is 70.1 Å². The number of rotatable bonds is 13. The van der Waals surface area contributed by atoms with Crippen molar-refractivity contribution < 1.29 is 0 Å². The van der Waals surface area contributed by atoms with E-state index in [0.717, 1.165) is 47.3 Å². The summed E-state index contributed by atoms with van der Waals surface area (Å²) in [7, 11) is 1.93. The Morgan fingerprint density at radius 2 is 0.862 bits per heavy atom. The molecule has 0 aromatic heterocycles. The van der Waals surface area contributed by atoms with Crippen LogP contribution in [0.5, 0.6) is 0 Å². The molecule has 0 aliphatic heterocycles. The van der Waals surface area contributed by atoms with Crippen molar-refractivity contribution in [3.63, 3.8) is 0 Å². The molecule has 0 aliphatic carbocycles. The summed E-state index contributed by atoms with van der Waals surface area (Å²) in [5.74, 6) is 8.14. The Hall–Kier alpha value is -0.330. The summed E-state index contributed by atoms with van der Waals surface area (Å²) in [5, 5.41) is 0. The fraction of sp³-hybridized carbons (Fsp3) is 0.964. The van der Waals surface area contributed by atoms with E-state index in [1.54, 1.807) is 0 Å². The van der Waals surface area contributed by atoms with Crippen LogP contribution in [0.2, 0.25) is 0 Å². The van der Waals surface area contributed by atoms with Crippen LogP contribution in [0.3, 0.4) is 0 Å². The lowest BCUT2D eigenvalue weighted by Crippen LogP contribution is -2.35. The highest BCUT2D eigenvalue weighted by molar-refractivity contribution is 5.84. The molecule has 0 saturated heterocycles. The minimum absolute atomic E-state index is 0.567. The molecule has 0 aromatic rings. The molecule has 0 N–H and O–H groups in total. The van der Waals surface area contributed by atoms with Gasteiger partial charge < -0.3 is 0 Å². The Morgan fingerprint density at radius 1 is 0.552 bits per heavy atom. The van der Waals surface area contributed by atoms with Crippen molar-refractivity contribution in [3.8, 4) is 0 Å². The fourth-order valence-electron chi connectivity index (χ4n) is 5.63. The van der Waals surface area contributed by atoms with E-state index in [1.807, 2.05) is 7.05 Å². The summed E-state index contributed by atoms with van der Waals surface area (Å²) in [6.45, 7) is 31.8. The van der Waals surface area contributed by atoms with E-state index in [2.05, 4.69) is 95.0 Å². The van der Waals surface area contributed by atoms with E-state index in [-0.39, 0.29) is 0 Å². The van der Waals surface area contributed by atoms with Gasteiger partial charge in [-0.2, -0.15) is 0 Å². The van der Waals surface area contributed by atoms with Gasteiger partial charge in [-0.3, -0.25) is 4.99 Å². The highest BCUT2D eigenvalue weighted by Crippen LogP contribution is 2.41. The standard InChI is InChI=1S/C28H57N/c1-15-16-17(2)18(3)19(4)20(5)21(6)22(7)23(8)24(9)25(10)26(11)27(12)28(13)29-14/h17-27H,15-16H2,1-14H3/t17?,18?,19-,20?,21?,22?,23?,24?,25+,26+,27?/m1/s1. The summed E-state index contributed by atoms with van der Waals surface area (Å²) in [6.07, 6.45) is 2.67. The molecule has 0 fully saturated rings. The van der Waals surface area contributed by atoms with Gasteiger partial charge in [0, 0.05) is 12.8 Å². The first-order valence-electron chi connectivity index (χ1n) is 12.8. The van der Waals surface area contributed by atoms with E-state index in [1.165, 1.54) is 18.6 Å². The average Bonchev–Trinajstić information content (AvgIpc) is 2.72. The second-order valence-electron chi connectivity index (χ2n) is 11.2. The Balaban J connectivity index is 5.12. The van der Waals surface area contributed by atoms with Gasteiger partial charge in [0.15, 0.2) is 0 Å². The maximum absolute atomic E-state index is 4.46. The second-order valence-corrected chi connectivity index (χ2v) is 11.2. The molecule has 174 valence electrons. The number of nitrogens with zero attached hydrogens (tertiary/aromatic N) is 1. The van der Waals surface area contributed by atoms with Crippen LogP contribution >= 0.6 is 0 Å². The molecule has 1 heteroatoms. The van der Waals surface area contributed by atoms with Gasteiger partial charge in [-0.1, -0.05) is 95.9 Å². The number of aliphatic imine (C=N–C) groups is 1. The largest absolute Gasteiger partial charge is 0.297 e. The third kappa shape index (κ3) is 7.70. The van der Waals surface area contributed by atoms with Crippen LogP contribution < -0.4 is 0 Å². The molecule has 0 saturated carbocycles. The molecule has 0 heterocycles. The van der Waals surface area contributed by atoms with E-state index < -0.39 is 0 Å². The van der Waals surface area contributed by atoms with Gasteiger partial charge in [0.05, 0.1) is 0 Å². The van der Waals surface area contributed by atoms with Crippen molar-refractivity contribution >= 4 is 5.71 Å². The number of hydrogen-bond donors (Lipinski definition) is 0. The van der Waals surface area contributed by atoms with Crippen molar-refractivity contribution in [3.05, 3.63) is 0 Å². The quantitative estimate of drug-likeness (QED) is 0.270. The predicted octanol–water partition coefficient (Wildman–Crippen LogP) is 8.87. The third-order valence-electron chi connectivity index (χ3n) is 10.1. The van der Waals surface area contributed by atoms with Gasteiger partial charge in [0.2, 0.25) is 0 Å². The molecule has 29 heavy (non-hydrogen) atoms. The predicted molar refractivity (Wildman–Crippen MR) is 135 cm³/mol. The van der Waals surface area contributed by atoms with Gasteiger partial charge in [-0.05, 0) is 72.0 Å². The minimum Gasteiger partial charge on any atom is -0.297 e.